The van der Waals surface area contributed by atoms with Gasteiger partial charge in [0.2, 0.25) is 0 Å². The van der Waals surface area contributed by atoms with E-state index in [4.69, 9.17) is 4.74 Å². The van der Waals surface area contributed by atoms with Crippen LogP contribution in [-0.2, 0) is 6.54 Å². The van der Waals surface area contributed by atoms with E-state index in [9.17, 15) is 9.59 Å². The highest BCUT2D eigenvalue weighted by Crippen LogP contribution is 2.33. The van der Waals surface area contributed by atoms with Gasteiger partial charge in [-0.3, -0.25) is 4.79 Å². The van der Waals surface area contributed by atoms with Crippen LogP contribution in [0.5, 0.6) is 11.5 Å². The summed E-state index contributed by atoms with van der Waals surface area (Å²) in [5, 5.41) is 2.83. The van der Waals surface area contributed by atoms with Gasteiger partial charge in [0, 0.05) is 21.7 Å². The van der Waals surface area contributed by atoms with Gasteiger partial charge < -0.3 is 10.1 Å². The average Bonchev–Trinajstić information content (AvgIpc) is 2.83. The van der Waals surface area contributed by atoms with Crippen molar-refractivity contribution >= 4 is 38.5 Å². The van der Waals surface area contributed by atoms with Crippen LogP contribution in [0.2, 0.25) is 0 Å². The Morgan fingerprint density at radius 2 is 1.42 bits per heavy atom. The molecule has 0 aliphatic carbocycles. The average molecular weight is 481 g/mol. The number of benzene rings is 3. The lowest BCUT2D eigenvalue weighted by molar-refractivity contribution is 0.207. The molecule has 5 nitrogen and oxygen atoms in total. The second-order valence-electron chi connectivity index (χ2n) is 7.84. The predicted octanol–water partition coefficient (Wildman–Crippen LogP) is 8.06. The van der Waals surface area contributed by atoms with E-state index in [-0.39, 0.29) is 17.0 Å². The first-order valence-corrected chi connectivity index (χ1v) is 13.0. The molecule has 1 N–H and O–H groups in total. The maximum absolute atomic E-state index is 13.1. The Bertz CT molecular complexity index is 1030. The van der Waals surface area contributed by atoms with Crippen molar-refractivity contribution in [2.45, 2.75) is 32.6 Å². The maximum Gasteiger partial charge on any atom is 0.329 e. The largest absolute Gasteiger partial charge is 0.457 e. The van der Waals surface area contributed by atoms with Crippen LogP contribution in [0.3, 0.4) is 0 Å². The molecule has 0 fully saturated rings. The molecule has 0 aliphatic heterocycles. The van der Waals surface area contributed by atoms with Crippen molar-refractivity contribution in [1.29, 1.82) is 0 Å². The number of rotatable bonds is 8. The summed E-state index contributed by atoms with van der Waals surface area (Å²) in [6.45, 7) is 6.51. The molecule has 0 radical (unpaired) electrons. The number of urea groups is 1. The van der Waals surface area contributed by atoms with Crippen molar-refractivity contribution in [2.24, 2.45) is 5.92 Å². The molecule has 0 bridgehead atoms. The molecule has 33 heavy (non-hydrogen) atoms. The van der Waals surface area contributed by atoms with E-state index in [0.29, 0.717) is 17.4 Å². The van der Waals surface area contributed by atoms with Crippen molar-refractivity contribution in [1.82, 2.24) is 4.90 Å². The van der Waals surface area contributed by atoms with E-state index >= 15 is 0 Å². The van der Waals surface area contributed by atoms with Crippen LogP contribution in [0.4, 0.5) is 15.3 Å². The van der Waals surface area contributed by atoms with Crippen molar-refractivity contribution in [3.8, 4) is 11.5 Å². The number of hydrogen-bond donors (Lipinski definition) is 1. The number of nitrogens with zero attached hydrogens (tertiary/aromatic N) is 1. The summed E-state index contributed by atoms with van der Waals surface area (Å²) >= 11 is 0. The second-order valence-corrected chi connectivity index (χ2v) is 10.4. The van der Waals surface area contributed by atoms with Crippen LogP contribution in [-0.4, -0.2) is 21.4 Å². The summed E-state index contributed by atoms with van der Waals surface area (Å²) in [5.41, 5.74) is 1.47. The fraction of sp³-hybridized carbons (Fsp3) is 0.231. The molecule has 0 spiro atoms. The summed E-state index contributed by atoms with van der Waals surface area (Å²) in [6, 6.07) is 25.6. The van der Waals surface area contributed by atoms with E-state index in [1.807, 2.05) is 60.7 Å². The first-order chi connectivity index (χ1) is 15.9. The summed E-state index contributed by atoms with van der Waals surface area (Å²) in [7, 11) is 2.59. The molecule has 0 heterocycles. The smallest absolute Gasteiger partial charge is 0.329 e. The van der Waals surface area contributed by atoms with Crippen LogP contribution < -0.4 is 10.1 Å². The summed E-state index contributed by atoms with van der Waals surface area (Å²) < 4.78 is 5.79. The van der Waals surface area contributed by atoms with Gasteiger partial charge in [0.25, 0.3) is 0 Å². The normalized spacial score (nSPS) is 11.6. The molecule has 3 aromatic carbocycles. The molecule has 3 aromatic rings. The quantitative estimate of drug-likeness (QED) is 0.330. The van der Waals surface area contributed by atoms with E-state index in [2.05, 4.69) is 26.1 Å². The fourth-order valence-electron chi connectivity index (χ4n) is 2.68. The Kier molecular flexibility index (Phi) is 9.27. The SMILES string of the molecule is CC(C)C(C)SSC(=O)N(Cc1ccccc1)C(=O)Nc1ccc(Oc2ccccc2)cc1. The zero-order valence-electron chi connectivity index (χ0n) is 18.9. The molecule has 3 amide bonds. The number of amides is 3. The van der Waals surface area contributed by atoms with Gasteiger partial charge in [0.1, 0.15) is 11.5 Å². The first kappa shape index (κ1) is 24.7. The number of para-hydroxylation sites is 1. The van der Waals surface area contributed by atoms with Crippen molar-refractivity contribution in [3.05, 3.63) is 90.5 Å². The van der Waals surface area contributed by atoms with Gasteiger partial charge in [-0.1, -0.05) is 80.1 Å². The van der Waals surface area contributed by atoms with Gasteiger partial charge in [0.05, 0.1) is 6.54 Å². The van der Waals surface area contributed by atoms with E-state index in [0.717, 1.165) is 22.1 Å². The monoisotopic (exact) mass is 480 g/mol. The van der Waals surface area contributed by atoms with Crippen LogP contribution in [0.25, 0.3) is 0 Å². The molecular weight excluding hydrogens is 452 g/mol. The summed E-state index contributed by atoms with van der Waals surface area (Å²) in [5.74, 6) is 1.83. The number of nitrogens with one attached hydrogen (secondary N) is 1. The zero-order chi connectivity index (χ0) is 23.6. The van der Waals surface area contributed by atoms with Crippen LogP contribution in [0.15, 0.2) is 84.9 Å². The minimum absolute atomic E-state index is 0.199. The van der Waals surface area contributed by atoms with E-state index < -0.39 is 6.03 Å². The number of imide groups is 1. The van der Waals surface area contributed by atoms with Gasteiger partial charge in [0.15, 0.2) is 0 Å². The molecule has 0 aliphatic rings. The Labute approximate surface area is 203 Å². The molecule has 1 unspecified atom stereocenters. The predicted molar refractivity (Wildman–Crippen MR) is 139 cm³/mol. The molecule has 0 saturated carbocycles. The van der Waals surface area contributed by atoms with Gasteiger partial charge in [-0.2, -0.15) is 0 Å². The van der Waals surface area contributed by atoms with Crippen LogP contribution in [0, 0.1) is 5.92 Å². The topological polar surface area (TPSA) is 58.6 Å². The molecule has 1 atom stereocenters. The van der Waals surface area contributed by atoms with Crippen molar-refractivity contribution < 1.29 is 14.3 Å². The summed E-state index contributed by atoms with van der Waals surface area (Å²) in [4.78, 5) is 27.2. The number of hydrogen-bond acceptors (Lipinski definition) is 5. The molecular formula is C26H28N2O3S2. The minimum atomic E-state index is -0.467. The van der Waals surface area contributed by atoms with E-state index in [1.54, 1.807) is 24.3 Å². The van der Waals surface area contributed by atoms with Crippen LogP contribution in [0.1, 0.15) is 26.3 Å². The van der Waals surface area contributed by atoms with Crippen LogP contribution >= 0.6 is 21.6 Å². The molecule has 0 aromatic heterocycles. The number of anilines is 1. The minimum Gasteiger partial charge on any atom is -0.457 e. The highest BCUT2D eigenvalue weighted by Gasteiger charge is 2.24. The third-order valence-corrected chi connectivity index (χ3v) is 7.88. The lowest BCUT2D eigenvalue weighted by Crippen LogP contribution is -2.37. The molecule has 172 valence electrons. The Hall–Kier alpha value is -2.90. The lowest BCUT2D eigenvalue weighted by atomic mass is 10.2. The Morgan fingerprint density at radius 1 is 0.848 bits per heavy atom. The highest BCUT2D eigenvalue weighted by atomic mass is 33.1. The molecule has 7 heteroatoms. The third kappa shape index (κ3) is 7.87. The summed E-state index contributed by atoms with van der Waals surface area (Å²) in [6.07, 6.45) is 0. The van der Waals surface area contributed by atoms with Crippen molar-refractivity contribution in [2.75, 3.05) is 5.32 Å². The maximum atomic E-state index is 13.1. The standard InChI is InChI=1S/C26H28N2O3S2/c1-19(2)20(3)32-33-26(30)28(18-21-10-6-4-7-11-21)25(29)27-22-14-16-24(17-15-22)31-23-12-8-5-9-13-23/h4-17,19-20H,18H2,1-3H3,(H,27,29). The number of carbonyl (C=O) groups is 2. The Balaban J connectivity index is 1.67. The van der Waals surface area contributed by atoms with Crippen molar-refractivity contribution in [3.63, 3.8) is 0 Å². The first-order valence-electron chi connectivity index (χ1n) is 10.7. The molecule has 3 rings (SSSR count). The highest BCUT2D eigenvalue weighted by molar-refractivity contribution is 8.82. The number of ether oxygens (including phenoxy) is 1. The lowest BCUT2D eigenvalue weighted by Gasteiger charge is -2.22. The third-order valence-electron chi connectivity index (χ3n) is 4.94. The molecule has 0 saturated heterocycles. The van der Waals surface area contributed by atoms with E-state index in [1.165, 1.54) is 15.7 Å². The van der Waals surface area contributed by atoms with Gasteiger partial charge in [-0.05, 0) is 47.9 Å². The number of carbonyl (C=O) groups excluding carboxylic acids is 2. The second kappa shape index (κ2) is 12.4. The zero-order valence-corrected chi connectivity index (χ0v) is 20.6. The van der Waals surface area contributed by atoms with Gasteiger partial charge in [-0.25, -0.2) is 9.69 Å². The van der Waals surface area contributed by atoms with Gasteiger partial charge in [-0.15, -0.1) is 0 Å². The fourth-order valence-corrected chi connectivity index (χ4v) is 5.01. The Morgan fingerprint density at radius 3 is 2.03 bits per heavy atom. The van der Waals surface area contributed by atoms with Gasteiger partial charge >= 0.3 is 11.3 Å².